The molecule has 6 aromatic carbocycles. The van der Waals surface area contributed by atoms with Gasteiger partial charge in [0.25, 0.3) is 0 Å². The van der Waals surface area contributed by atoms with E-state index in [0.717, 1.165) is 83.4 Å². The van der Waals surface area contributed by atoms with Crippen molar-refractivity contribution in [3.8, 4) is 39.9 Å². The summed E-state index contributed by atoms with van der Waals surface area (Å²) in [4.78, 5) is 20.6. The van der Waals surface area contributed by atoms with Crippen molar-refractivity contribution in [3.63, 3.8) is 0 Å². The zero-order valence-corrected chi connectivity index (χ0v) is 25.7. The molecule has 0 radical (unpaired) electrons. The van der Waals surface area contributed by atoms with Gasteiger partial charge in [-0.05, 0) is 42.5 Å². The third kappa shape index (κ3) is 4.06. The van der Waals surface area contributed by atoms with Gasteiger partial charge in [-0.25, -0.2) is 19.9 Å². The summed E-state index contributed by atoms with van der Waals surface area (Å²) in [6, 6.07) is 54.2. The molecule has 6 heteroatoms. The van der Waals surface area contributed by atoms with Gasteiger partial charge < -0.3 is 0 Å². The van der Waals surface area contributed by atoms with Crippen LogP contribution in [0, 0.1) is 0 Å². The van der Waals surface area contributed by atoms with Crippen molar-refractivity contribution >= 4 is 49.4 Å². The standard InChI is InChI=1S/C42H26N6/c1-3-13-27(14-4-1)35-26-36(44-40(43-35)28-15-5-2-6-16-28)29-23-24-31-30-17-8-11-21-37(30)47(39(31)25-29)42-46-33-19-9-7-18-32(33)41-45-34-20-10-12-22-38(34)48(41)42/h1-26H. The third-order valence-electron chi connectivity index (χ3n) is 9.12. The van der Waals surface area contributed by atoms with Gasteiger partial charge in [0.15, 0.2) is 5.82 Å². The molecule has 0 atom stereocenters. The van der Waals surface area contributed by atoms with Gasteiger partial charge in [0.2, 0.25) is 5.95 Å². The van der Waals surface area contributed by atoms with Crippen molar-refractivity contribution < 1.29 is 0 Å². The van der Waals surface area contributed by atoms with Crippen molar-refractivity contribution in [2.75, 3.05) is 0 Å². The van der Waals surface area contributed by atoms with Gasteiger partial charge in [0.1, 0.15) is 5.65 Å². The van der Waals surface area contributed by atoms with E-state index in [2.05, 4.69) is 112 Å². The van der Waals surface area contributed by atoms with Gasteiger partial charge >= 0.3 is 0 Å². The molecule has 10 aromatic rings. The lowest BCUT2D eigenvalue weighted by Gasteiger charge is -2.13. The number of imidazole rings is 1. The Morgan fingerprint density at radius 1 is 0.375 bits per heavy atom. The van der Waals surface area contributed by atoms with Gasteiger partial charge in [-0.1, -0.05) is 115 Å². The first-order chi connectivity index (χ1) is 23.8. The maximum atomic E-state index is 5.34. The van der Waals surface area contributed by atoms with Crippen LogP contribution in [0.15, 0.2) is 158 Å². The molecule has 224 valence electrons. The topological polar surface area (TPSA) is 60.9 Å². The summed E-state index contributed by atoms with van der Waals surface area (Å²) in [5.41, 5.74) is 10.6. The minimum absolute atomic E-state index is 0.690. The highest BCUT2D eigenvalue weighted by molar-refractivity contribution is 6.10. The average molecular weight is 615 g/mol. The zero-order chi connectivity index (χ0) is 31.6. The van der Waals surface area contributed by atoms with Gasteiger partial charge in [-0.2, -0.15) is 0 Å². The Labute approximate surface area is 275 Å². The van der Waals surface area contributed by atoms with Crippen molar-refractivity contribution in [3.05, 3.63) is 158 Å². The number of benzene rings is 6. The summed E-state index contributed by atoms with van der Waals surface area (Å²) >= 11 is 0. The van der Waals surface area contributed by atoms with Crippen LogP contribution in [0.25, 0.3) is 89.2 Å². The lowest BCUT2D eigenvalue weighted by Crippen LogP contribution is -2.06. The molecule has 0 N–H and O–H groups in total. The summed E-state index contributed by atoms with van der Waals surface area (Å²) in [6.45, 7) is 0. The molecule has 0 saturated carbocycles. The highest BCUT2D eigenvalue weighted by atomic mass is 15.2. The van der Waals surface area contributed by atoms with E-state index < -0.39 is 0 Å². The molecular formula is C42H26N6. The van der Waals surface area contributed by atoms with Crippen LogP contribution < -0.4 is 0 Å². The molecule has 48 heavy (non-hydrogen) atoms. The molecule has 0 bridgehead atoms. The monoisotopic (exact) mass is 614 g/mol. The molecular weight excluding hydrogens is 589 g/mol. The number of aromatic nitrogens is 6. The fourth-order valence-corrected chi connectivity index (χ4v) is 6.89. The molecule has 4 aromatic heterocycles. The van der Waals surface area contributed by atoms with E-state index in [0.29, 0.717) is 5.82 Å². The molecule has 0 aliphatic rings. The first kappa shape index (κ1) is 26.5. The van der Waals surface area contributed by atoms with Gasteiger partial charge in [0.05, 0.1) is 39.0 Å². The molecule has 10 rings (SSSR count). The molecule has 0 amide bonds. The summed E-state index contributed by atoms with van der Waals surface area (Å²) < 4.78 is 4.47. The van der Waals surface area contributed by atoms with Gasteiger partial charge in [0, 0.05) is 32.8 Å². The Morgan fingerprint density at radius 3 is 1.77 bits per heavy atom. The number of rotatable bonds is 4. The molecule has 6 nitrogen and oxygen atoms in total. The Kier molecular flexibility index (Phi) is 5.77. The van der Waals surface area contributed by atoms with Crippen molar-refractivity contribution in [2.45, 2.75) is 0 Å². The molecule has 0 aliphatic carbocycles. The van der Waals surface area contributed by atoms with Crippen LogP contribution >= 0.6 is 0 Å². The van der Waals surface area contributed by atoms with E-state index in [-0.39, 0.29) is 0 Å². The lowest BCUT2D eigenvalue weighted by atomic mass is 10.0. The van der Waals surface area contributed by atoms with Crippen molar-refractivity contribution in [1.82, 2.24) is 28.9 Å². The van der Waals surface area contributed by atoms with E-state index in [1.807, 2.05) is 54.6 Å². The second kappa shape index (κ2) is 10.4. The quantitative estimate of drug-likeness (QED) is 0.198. The minimum Gasteiger partial charge on any atom is -0.279 e. The van der Waals surface area contributed by atoms with Crippen LogP contribution in [0.2, 0.25) is 0 Å². The number of nitrogens with zero attached hydrogens (tertiary/aromatic N) is 6. The smallest absolute Gasteiger partial charge is 0.221 e. The number of para-hydroxylation sites is 4. The third-order valence-corrected chi connectivity index (χ3v) is 9.12. The molecule has 0 spiro atoms. The normalized spacial score (nSPS) is 11.8. The first-order valence-corrected chi connectivity index (χ1v) is 16.0. The van der Waals surface area contributed by atoms with Crippen LogP contribution in [0.5, 0.6) is 0 Å². The van der Waals surface area contributed by atoms with E-state index in [1.54, 1.807) is 0 Å². The SMILES string of the molecule is c1ccc(-c2cc(-c3ccc4c5ccccc5n(-c5nc6ccccc6c6nc7ccccc7n56)c4c3)nc(-c3ccccc3)n2)cc1. The maximum absolute atomic E-state index is 5.34. The van der Waals surface area contributed by atoms with E-state index in [9.17, 15) is 0 Å². The van der Waals surface area contributed by atoms with E-state index >= 15 is 0 Å². The molecule has 0 saturated heterocycles. The highest BCUT2D eigenvalue weighted by Crippen LogP contribution is 2.37. The zero-order valence-electron chi connectivity index (χ0n) is 25.7. The number of fused-ring (bicyclic) bond motifs is 8. The largest absolute Gasteiger partial charge is 0.279 e. The summed E-state index contributed by atoms with van der Waals surface area (Å²) in [7, 11) is 0. The van der Waals surface area contributed by atoms with Crippen molar-refractivity contribution in [2.24, 2.45) is 0 Å². The van der Waals surface area contributed by atoms with Crippen LogP contribution in [0.1, 0.15) is 0 Å². The molecule has 0 unspecified atom stereocenters. The van der Waals surface area contributed by atoms with E-state index in [4.69, 9.17) is 19.9 Å². The number of hydrogen-bond acceptors (Lipinski definition) is 4. The Hall–Kier alpha value is -6.66. The molecule has 0 aliphatic heterocycles. The second-order valence-corrected chi connectivity index (χ2v) is 12.0. The summed E-state index contributed by atoms with van der Waals surface area (Å²) in [5, 5.41) is 3.31. The van der Waals surface area contributed by atoms with Crippen LogP contribution in [0.4, 0.5) is 0 Å². The summed E-state index contributed by atoms with van der Waals surface area (Å²) in [5.74, 6) is 1.48. The summed E-state index contributed by atoms with van der Waals surface area (Å²) in [6.07, 6.45) is 0. The first-order valence-electron chi connectivity index (χ1n) is 16.0. The van der Waals surface area contributed by atoms with Gasteiger partial charge in [-0.15, -0.1) is 0 Å². The number of hydrogen-bond donors (Lipinski definition) is 0. The predicted octanol–water partition coefficient (Wildman–Crippen LogP) is 9.92. The minimum atomic E-state index is 0.690. The van der Waals surface area contributed by atoms with Crippen LogP contribution in [0.3, 0.4) is 0 Å². The van der Waals surface area contributed by atoms with Gasteiger partial charge in [-0.3, -0.25) is 8.97 Å². The molecule has 0 fully saturated rings. The maximum Gasteiger partial charge on any atom is 0.221 e. The van der Waals surface area contributed by atoms with Crippen LogP contribution in [-0.4, -0.2) is 28.9 Å². The second-order valence-electron chi connectivity index (χ2n) is 12.0. The Balaban J connectivity index is 1.29. The van der Waals surface area contributed by atoms with Crippen LogP contribution in [-0.2, 0) is 0 Å². The van der Waals surface area contributed by atoms with E-state index in [1.165, 1.54) is 0 Å². The van der Waals surface area contributed by atoms with Crippen molar-refractivity contribution in [1.29, 1.82) is 0 Å². The lowest BCUT2D eigenvalue weighted by molar-refractivity contribution is 0.979. The Morgan fingerprint density at radius 2 is 0.979 bits per heavy atom. The fraction of sp³-hybridized carbons (Fsp3) is 0. The average Bonchev–Trinajstić information content (AvgIpc) is 3.71. The molecule has 4 heterocycles. The Bertz CT molecular complexity index is 2780. The fourth-order valence-electron chi connectivity index (χ4n) is 6.89. The predicted molar refractivity (Wildman–Crippen MR) is 194 cm³/mol. The highest BCUT2D eigenvalue weighted by Gasteiger charge is 2.21.